The summed E-state index contributed by atoms with van der Waals surface area (Å²) in [5.74, 6) is 0.790. The van der Waals surface area contributed by atoms with Gasteiger partial charge < -0.3 is 23.8 Å². The first kappa shape index (κ1) is 19.1. The standard InChI is InChI=1S/C23H29NO4/c1-6-17-18(7-2)28-23(27-17)11-10-22(12-13-24(3)21(22)15-23)16-8-9-19(25-4)20(14-16)26-5/h6-9,14-15,17-18H,1-2,10-13H2,3-5H3/t17?,18?,22-,23?/m0/s1. The molecule has 150 valence electrons. The highest BCUT2D eigenvalue weighted by Crippen LogP contribution is 2.54. The van der Waals surface area contributed by atoms with Gasteiger partial charge in [0.05, 0.1) is 14.2 Å². The summed E-state index contributed by atoms with van der Waals surface area (Å²) in [5, 5.41) is 0. The van der Waals surface area contributed by atoms with Crippen LogP contribution >= 0.6 is 0 Å². The van der Waals surface area contributed by atoms with Gasteiger partial charge in [0.15, 0.2) is 17.3 Å². The van der Waals surface area contributed by atoms with Crippen LogP contribution in [0.2, 0.25) is 0 Å². The second-order valence-corrected chi connectivity index (χ2v) is 7.80. The molecule has 3 aliphatic rings. The highest BCUT2D eigenvalue weighted by atomic mass is 16.8. The van der Waals surface area contributed by atoms with E-state index in [1.165, 1.54) is 11.3 Å². The van der Waals surface area contributed by atoms with E-state index in [2.05, 4.69) is 43.3 Å². The van der Waals surface area contributed by atoms with E-state index in [4.69, 9.17) is 18.9 Å². The van der Waals surface area contributed by atoms with Crippen LogP contribution in [0.5, 0.6) is 11.5 Å². The predicted molar refractivity (Wildman–Crippen MR) is 109 cm³/mol. The van der Waals surface area contributed by atoms with Crippen molar-refractivity contribution in [3.05, 3.63) is 60.8 Å². The van der Waals surface area contributed by atoms with E-state index in [1.807, 2.05) is 6.07 Å². The summed E-state index contributed by atoms with van der Waals surface area (Å²) in [5.41, 5.74) is 2.43. The van der Waals surface area contributed by atoms with Gasteiger partial charge in [-0.1, -0.05) is 18.2 Å². The molecule has 1 aliphatic carbocycles. The van der Waals surface area contributed by atoms with Crippen molar-refractivity contribution >= 4 is 0 Å². The third kappa shape index (κ3) is 2.76. The quantitative estimate of drug-likeness (QED) is 0.723. The van der Waals surface area contributed by atoms with Crippen LogP contribution in [0.25, 0.3) is 0 Å². The maximum absolute atomic E-state index is 6.30. The van der Waals surface area contributed by atoms with E-state index in [9.17, 15) is 0 Å². The van der Waals surface area contributed by atoms with Crippen LogP contribution in [0.3, 0.4) is 0 Å². The fourth-order valence-corrected chi connectivity index (χ4v) is 4.89. The van der Waals surface area contributed by atoms with Crippen molar-refractivity contribution in [2.75, 3.05) is 27.8 Å². The van der Waals surface area contributed by atoms with Gasteiger partial charge in [0.25, 0.3) is 0 Å². The van der Waals surface area contributed by atoms with Crippen LogP contribution < -0.4 is 9.47 Å². The number of likely N-dealkylation sites (tertiary alicyclic amines) is 1. The molecule has 2 unspecified atom stereocenters. The van der Waals surface area contributed by atoms with Crippen molar-refractivity contribution in [2.24, 2.45) is 0 Å². The maximum Gasteiger partial charge on any atom is 0.191 e. The van der Waals surface area contributed by atoms with Crippen LogP contribution in [0.4, 0.5) is 0 Å². The first-order valence-electron chi connectivity index (χ1n) is 9.78. The van der Waals surface area contributed by atoms with Gasteiger partial charge in [0.1, 0.15) is 12.2 Å². The third-order valence-electron chi connectivity index (χ3n) is 6.43. The van der Waals surface area contributed by atoms with Crippen molar-refractivity contribution < 1.29 is 18.9 Å². The Labute approximate surface area is 167 Å². The van der Waals surface area contributed by atoms with Gasteiger partial charge in [-0.2, -0.15) is 0 Å². The molecule has 28 heavy (non-hydrogen) atoms. The van der Waals surface area contributed by atoms with Crippen molar-refractivity contribution in [3.63, 3.8) is 0 Å². The number of likely N-dealkylation sites (N-methyl/N-ethyl adjacent to an activating group) is 1. The molecule has 1 aromatic rings. The summed E-state index contributed by atoms with van der Waals surface area (Å²) in [4.78, 5) is 2.31. The Morgan fingerprint density at radius 1 is 1.04 bits per heavy atom. The molecular formula is C23H29NO4. The van der Waals surface area contributed by atoms with Crippen LogP contribution in [-0.2, 0) is 14.9 Å². The lowest BCUT2D eigenvalue weighted by Crippen LogP contribution is -2.41. The van der Waals surface area contributed by atoms with Gasteiger partial charge in [0.2, 0.25) is 0 Å². The minimum Gasteiger partial charge on any atom is -0.493 e. The lowest BCUT2D eigenvalue weighted by Gasteiger charge is -2.41. The highest BCUT2D eigenvalue weighted by Gasteiger charge is 2.54. The second-order valence-electron chi connectivity index (χ2n) is 7.80. The average Bonchev–Trinajstić information content (AvgIpc) is 3.26. The molecule has 0 radical (unpaired) electrons. The van der Waals surface area contributed by atoms with Gasteiger partial charge in [-0.05, 0) is 36.6 Å². The van der Waals surface area contributed by atoms with Crippen molar-refractivity contribution in [2.45, 2.75) is 42.7 Å². The Bertz CT molecular complexity index is 801. The summed E-state index contributed by atoms with van der Waals surface area (Å²) in [7, 11) is 5.48. The topological polar surface area (TPSA) is 40.2 Å². The van der Waals surface area contributed by atoms with Crippen LogP contribution in [0.15, 0.2) is 55.3 Å². The van der Waals surface area contributed by atoms with Crippen molar-refractivity contribution in [1.82, 2.24) is 4.90 Å². The molecular weight excluding hydrogens is 354 g/mol. The fourth-order valence-electron chi connectivity index (χ4n) is 4.89. The Balaban J connectivity index is 1.76. The minimum atomic E-state index is -0.717. The van der Waals surface area contributed by atoms with E-state index in [1.54, 1.807) is 26.4 Å². The zero-order chi connectivity index (χ0) is 19.9. The third-order valence-corrected chi connectivity index (χ3v) is 6.43. The zero-order valence-electron chi connectivity index (χ0n) is 16.9. The lowest BCUT2D eigenvalue weighted by molar-refractivity contribution is -0.143. The van der Waals surface area contributed by atoms with Crippen molar-refractivity contribution in [1.29, 1.82) is 0 Å². The molecule has 1 aromatic carbocycles. The van der Waals surface area contributed by atoms with E-state index in [0.717, 1.165) is 37.3 Å². The molecule has 2 heterocycles. The minimum absolute atomic E-state index is 0.0672. The van der Waals surface area contributed by atoms with E-state index < -0.39 is 5.79 Å². The summed E-state index contributed by atoms with van der Waals surface area (Å²) < 4.78 is 23.6. The number of allylic oxidation sites excluding steroid dienone is 1. The van der Waals surface area contributed by atoms with Crippen LogP contribution in [0.1, 0.15) is 24.8 Å². The summed E-state index contributed by atoms with van der Waals surface area (Å²) >= 11 is 0. The Kier molecular flexibility index (Phi) is 4.76. The molecule has 0 aromatic heterocycles. The van der Waals surface area contributed by atoms with Gasteiger partial charge in [-0.3, -0.25) is 0 Å². The van der Waals surface area contributed by atoms with E-state index in [-0.39, 0.29) is 17.6 Å². The van der Waals surface area contributed by atoms with Gasteiger partial charge in [-0.15, -0.1) is 13.2 Å². The van der Waals surface area contributed by atoms with Gasteiger partial charge >= 0.3 is 0 Å². The van der Waals surface area contributed by atoms with Gasteiger partial charge in [-0.25, -0.2) is 0 Å². The summed E-state index contributed by atoms with van der Waals surface area (Å²) in [6.45, 7) is 8.77. The first-order valence-corrected chi connectivity index (χ1v) is 9.78. The SMILES string of the molecule is C=CC1OC2(C=C3N(C)CC[C@]3(c3ccc(OC)c(OC)c3)CC2)OC1C=C. The molecule has 5 nitrogen and oxygen atoms in total. The maximum atomic E-state index is 6.30. The summed E-state index contributed by atoms with van der Waals surface area (Å²) in [6.07, 6.45) is 8.21. The number of benzene rings is 1. The van der Waals surface area contributed by atoms with E-state index >= 15 is 0 Å². The van der Waals surface area contributed by atoms with Crippen LogP contribution in [0, 0.1) is 0 Å². The molecule has 3 atom stereocenters. The second kappa shape index (κ2) is 6.98. The number of nitrogens with zero attached hydrogens (tertiary/aromatic N) is 1. The highest BCUT2D eigenvalue weighted by molar-refractivity contribution is 5.50. The normalized spacial score (nSPS) is 34.1. The lowest BCUT2D eigenvalue weighted by atomic mass is 9.69. The molecule has 0 bridgehead atoms. The molecule has 1 spiro atoms. The fraction of sp³-hybridized carbons (Fsp3) is 0.478. The average molecular weight is 383 g/mol. The number of hydrogen-bond donors (Lipinski definition) is 0. The number of ether oxygens (including phenoxy) is 4. The van der Waals surface area contributed by atoms with Crippen molar-refractivity contribution in [3.8, 4) is 11.5 Å². The Morgan fingerprint density at radius 2 is 1.71 bits per heavy atom. The Morgan fingerprint density at radius 3 is 2.32 bits per heavy atom. The molecule has 2 fully saturated rings. The smallest absolute Gasteiger partial charge is 0.191 e. The molecule has 0 saturated carbocycles. The molecule has 2 aliphatic heterocycles. The van der Waals surface area contributed by atoms with Gasteiger partial charge in [0, 0.05) is 31.1 Å². The monoisotopic (exact) mass is 383 g/mol. The first-order chi connectivity index (χ1) is 13.5. The molecule has 5 heteroatoms. The molecule has 0 N–H and O–H groups in total. The number of hydrogen-bond acceptors (Lipinski definition) is 5. The van der Waals surface area contributed by atoms with Crippen LogP contribution in [-0.4, -0.2) is 50.7 Å². The number of methoxy groups -OCH3 is 2. The van der Waals surface area contributed by atoms with E-state index in [0.29, 0.717) is 0 Å². The zero-order valence-corrected chi connectivity index (χ0v) is 16.9. The largest absolute Gasteiger partial charge is 0.493 e. The molecule has 4 rings (SSSR count). The number of rotatable bonds is 5. The number of fused-ring (bicyclic) bond motifs is 1. The molecule has 2 saturated heterocycles. The predicted octanol–water partition coefficient (Wildman–Crippen LogP) is 3.81. The summed E-state index contributed by atoms with van der Waals surface area (Å²) in [6, 6.07) is 6.26. The molecule has 0 amide bonds. The Hall–Kier alpha value is -2.24.